The lowest BCUT2D eigenvalue weighted by molar-refractivity contribution is -0.122. The number of nitrogens with one attached hydrogen (secondary N) is 1. The highest BCUT2D eigenvalue weighted by Crippen LogP contribution is 2.53. The minimum absolute atomic E-state index is 0.190. The molecule has 38 heavy (non-hydrogen) atoms. The van der Waals surface area contributed by atoms with Gasteiger partial charge >= 0.3 is 4.87 Å². The molecule has 0 spiro atoms. The van der Waals surface area contributed by atoms with Crippen LogP contribution in [0.2, 0.25) is 0 Å². The van der Waals surface area contributed by atoms with Gasteiger partial charge in [-0.2, -0.15) is 0 Å². The summed E-state index contributed by atoms with van der Waals surface area (Å²) in [6.07, 6.45) is 0. The Balaban J connectivity index is 1.41. The van der Waals surface area contributed by atoms with Crippen molar-refractivity contribution in [3.05, 3.63) is 110 Å². The summed E-state index contributed by atoms with van der Waals surface area (Å²) in [4.78, 5) is 55.3. The summed E-state index contributed by atoms with van der Waals surface area (Å²) in [5, 5.41) is 2.66. The molecule has 0 radical (unpaired) electrons. The number of thiazole rings is 1. The van der Waals surface area contributed by atoms with Gasteiger partial charge in [-0.15, -0.1) is 0 Å². The summed E-state index contributed by atoms with van der Waals surface area (Å²) in [7, 11) is 0. The number of hydrogen-bond acceptors (Lipinski definition) is 6. The summed E-state index contributed by atoms with van der Waals surface area (Å²) in [5.41, 5.74) is 1.99. The van der Waals surface area contributed by atoms with Crippen LogP contribution in [0.15, 0.2) is 99.2 Å². The van der Waals surface area contributed by atoms with E-state index in [9.17, 15) is 19.2 Å². The topological polar surface area (TPSA) is 88.5 Å². The Hall–Kier alpha value is -3.47. The Morgan fingerprint density at radius 2 is 1.53 bits per heavy atom. The molecule has 2 aliphatic rings. The molecule has 3 heterocycles. The SMILES string of the molecule is O=C(Cn1c2c(sc1=O)C(c1ccccc1)C1C(=O)N(c3ccc(Br)cc3)C(=O)C1S2)Nc1ccccc1. The Bertz CT molecular complexity index is 1600. The van der Waals surface area contributed by atoms with Crippen LogP contribution in [-0.4, -0.2) is 27.5 Å². The van der Waals surface area contributed by atoms with Gasteiger partial charge in [-0.25, -0.2) is 4.90 Å². The maximum atomic E-state index is 13.8. The maximum absolute atomic E-state index is 13.8. The van der Waals surface area contributed by atoms with Crippen LogP contribution in [-0.2, 0) is 20.9 Å². The zero-order chi connectivity index (χ0) is 26.4. The molecule has 0 aliphatic carbocycles. The van der Waals surface area contributed by atoms with Gasteiger partial charge in [0, 0.05) is 21.0 Å². The molecule has 3 atom stereocenters. The monoisotopic (exact) mass is 605 g/mol. The minimum Gasteiger partial charge on any atom is -0.325 e. The van der Waals surface area contributed by atoms with E-state index in [0.29, 0.717) is 21.3 Å². The van der Waals surface area contributed by atoms with Crippen LogP contribution < -0.4 is 15.1 Å². The summed E-state index contributed by atoms with van der Waals surface area (Å²) >= 11 is 5.64. The van der Waals surface area contributed by atoms with E-state index < -0.39 is 17.1 Å². The second-order valence-electron chi connectivity index (χ2n) is 8.98. The lowest BCUT2D eigenvalue weighted by Crippen LogP contribution is -2.33. The molecule has 7 nitrogen and oxygen atoms in total. The molecule has 10 heteroatoms. The van der Waals surface area contributed by atoms with Gasteiger partial charge in [0.15, 0.2) is 0 Å². The van der Waals surface area contributed by atoms with Gasteiger partial charge in [0.25, 0.3) is 0 Å². The zero-order valence-corrected chi connectivity index (χ0v) is 23.0. The van der Waals surface area contributed by atoms with Crippen LogP contribution in [0.1, 0.15) is 16.4 Å². The molecule has 1 saturated heterocycles. The number of halogens is 1. The molecule has 1 N–H and O–H groups in total. The zero-order valence-electron chi connectivity index (χ0n) is 19.7. The fourth-order valence-electron chi connectivity index (χ4n) is 4.99. The van der Waals surface area contributed by atoms with Gasteiger partial charge < -0.3 is 5.32 Å². The van der Waals surface area contributed by atoms with E-state index in [1.807, 2.05) is 48.5 Å². The standard InChI is InChI=1S/C28H20BrN3O4S2/c29-17-11-13-19(14-12-17)32-25(34)22-21(16-7-3-1-4-8-16)24-27(37-23(22)26(32)35)31(28(36)38-24)15-20(33)30-18-9-5-2-6-10-18/h1-14,21-23H,15H2,(H,30,33). The highest BCUT2D eigenvalue weighted by molar-refractivity contribution is 9.10. The highest BCUT2D eigenvalue weighted by Gasteiger charge is 2.56. The first-order valence-corrected chi connectivity index (χ1v) is 14.3. The summed E-state index contributed by atoms with van der Waals surface area (Å²) < 4.78 is 2.27. The molecule has 4 aromatic rings. The van der Waals surface area contributed by atoms with E-state index in [1.54, 1.807) is 36.4 Å². The fraction of sp³-hybridized carbons (Fsp3) is 0.143. The number of fused-ring (bicyclic) bond motifs is 2. The number of rotatable bonds is 5. The first-order chi connectivity index (χ1) is 18.4. The number of amides is 3. The van der Waals surface area contributed by atoms with Crippen molar-refractivity contribution in [1.82, 2.24) is 4.57 Å². The Morgan fingerprint density at radius 3 is 2.21 bits per heavy atom. The average Bonchev–Trinajstić information content (AvgIpc) is 3.36. The number of anilines is 2. The van der Waals surface area contributed by atoms with E-state index in [2.05, 4.69) is 21.2 Å². The highest BCUT2D eigenvalue weighted by atomic mass is 79.9. The minimum atomic E-state index is -0.721. The van der Waals surface area contributed by atoms with Crippen molar-refractivity contribution in [1.29, 1.82) is 0 Å². The number of aromatic nitrogens is 1. The van der Waals surface area contributed by atoms with Crippen molar-refractivity contribution in [2.24, 2.45) is 5.92 Å². The molecule has 1 fully saturated rings. The lowest BCUT2D eigenvalue weighted by Gasteiger charge is -2.30. The predicted molar refractivity (Wildman–Crippen MR) is 152 cm³/mol. The molecule has 6 rings (SSSR count). The Labute approximate surface area is 234 Å². The van der Waals surface area contributed by atoms with Crippen molar-refractivity contribution >= 4 is 68.1 Å². The molecule has 3 aromatic carbocycles. The third-order valence-electron chi connectivity index (χ3n) is 6.65. The number of hydrogen-bond donors (Lipinski definition) is 1. The molecular formula is C28H20BrN3O4S2. The quantitative estimate of drug-likeness (QED) is 0.319. The maximum Gasteiger partial charge on any atom is 0.308 e. The number of carbonyl (C=O) groups excluding carboxylic acids is 3. The van der Waals surface area contributed by atoms with Gasteiger partial charge in [-0.3, -0.25) is 23.7 Å². The van der Waals surface area contributed by atoms with Gasteiger partial charge in [0.1, 0.15) is 11.8 Å². The number of thioether (sulfide) groups is 1. The Kier molecular flexibility index (Phi) is 6.55. The molecule has 0 saturated carbocycles. The van der Waals surface area contributed by atoms with E-state index in [-0.39, 0.29) is 29.1 Å². The van der Waals surface area contributed by atoms with Crippen LogP contribution in [0.4, 0.5) is 11.4 Å². The van der Waals surface area contributed by atoms with Crippen LogP contribution in [0.3, 0.4) is 0 Å². The molecule has 0 bridgehead atoms. The van der Waals surface area contributed by atoms with Crippen LogP contribution in [0, 0.1) is 5.92 Å². The number of nitrogens with zero attached hydrogens (tertiary/aromatic N) is 2. The van der Waals surface area contributed by atoms with E-state index >= 15 is 0 Å². The van der Waals surface area contributed by atoms with Crippen LogP contribution >= 0.6 is 39.0 Å². The third kappa shape index (κ3) is 4.32. The number of carbonyl (C=O) groups is 3. The van der Waals surface area contributed by atoms with Gasteiger partial charge in [-0.1, -0.05) is 87.6 Å². The smallest absolute Gasteiger partial charge is 0.308 e. The van der Waals surface area contributed by atoms with E-state index in [0.717, 1.165) is 21.4 Å². The number of para-hydroxylation sites is 1. The van der Waals surface area contributed by atoms with Gasteiger partial charge in [0.05, 0.1) is 16.6 Å². The summed E-state index contributed by atoms with van der Waals surface area (Å²) in [6.45, 7) is -0.190. The number of benzene rings is 3. The largest absolute Gasteiger partial charge is 0.325 e. The van der Waals surface area contributed by atoms with Crippen molar-refractivity contribution in [3.63, 3.8) is 0 Å². The van der Waals surface area contributed by atoms with Gasteiger partial charge in [-0.05, 0) is 42.0 Å². The van der Waals surface area contributed by atoms with Crippen molar-refractivity contribution in [3.8, 4) is 0 Å². The van der Waals surface area contributed by atoms with Crippen LogP contribution in [0.5, 0.6) is 0 Å². The van der Waals surface area contributed by atoms with E-state index in [1.165, 1.54) is 21.2 Å². The van der Waals surface area contributed by atoms with Crippen molar-refractivity contribution in [2.45, 2.75) is 22.7 Å². The van der Waals surface area contributed by atoms with Crippen molar-refractivity contribution < 1.29 is 14.4 Å². The first kappa shape index (κ1) is 24.8. The normalized spacial score (nSPS) is 20.2. The third-order valence-corrected chi connectivity index (χ3v) is 9.78. The van der Waals surface area contributed by atoms with Gasteiger partial charge in [0.2, 0.25) is 17.7 Å². The predicted octanol–water partition coefficient (Wildman–Crippen LogP) is 5.11. The first-order valence-electron chi connectivity index (χ1n) is 11.9. The molecule has 190 valence electrons. The molecule has 3 amide bonds. The lowest BCUT2D eigenvalue weighted by atomic mass is 9.83. The Morgan fingerprint density at radius 1 is 0.868 bits per heavy atom. The van der Waals surface area contributed by atoms with Crippen LogP contribution in [0.25, 0.3) is 0 Å². The molecule has 3 unspecified atom stereocenters. The van der Waals surface area contributed by atoms with E-state index in [4.69, 9.17) is 0 Å². The number of imide groups is 1. The second-order valence-corrected chi connectivity index (χ2v) is 12.0. The summed E-state index contributed by atoms with van der Waals surface area (Å²) in [6, 6.07) is 25.6. The average molecular weight is 607 g/mol. The summed E-state index contributed by atoms with van der Waals surface area (Å²) in [5.74, 6) is -2.11. The molecule has 1 aromatic heterocycles. The molecular weight excluding hydrogens is 586 g/mol. The molecule has 2 aliphatic heterocycles. The van der Waals surface area contributed by atoms with Crippen molar-refractivity contribution in [2.75, 3.05) is 10.2 Å². The fourth-order valence-corrected chi connectivity index (χ4v) is 8.02. The second kappa shape index (κ2) is 10.0.